The van der Waals surface area contributed by atoms with Crippen LogP contribution in [0.25, 0.3) is 0 Å². The molecule has 0 spiro atoms. The van der Waals surface area contributed by atoms with Crippen molar-refractivity contribution in [3.8, 4) is 6.07 Å². The average Bonchev–Trinajstić information content (AvgIpc) is 2.72. The number of likely N-dealkylation sites (tertiary alicyclic amines) is 2. The highest BCUT2D eigenvalue weighted by molar-refractivity contribution is 5.86. The Morgan fingerprint density at radius 3 is 1.53 bits per heavy atom. The molecule has 0 radical (unpaired) electrons. The molecule has 0 bridgehead atoms. The van der Waals surface area contributed by atoms with Gasteiger partial charge in [-0.05, 0) is 74.1 Å². The molecule has 2 amide bonds. The number of hydrogen-bond acceptors (Lipinski definition) is 7. The fourth-order valence-corrected chi connectivity index (χ4v) is 3.51. The van der Waals surface area contributed by atoms with Crippen molar-refractivity contribution in [3.63, 3.8) is 0 Å². The van der Waals surface area contributed by atoms with Crippen LogP contribution < -0.4 is 5.73 Å². The molecule has 2 fully saturated rings. The van der Waals surface area contributed by atoms with Crippen molar-refractivity contribution in [3.05, 3.63) is 0 Å². The standard InChI is InChI=1S/C12H23N3O3.C12H20N2O2/c1-11(2,3)18-10(16)15-7-5-12(4,6-8-15)9(13)14-17;1-11(2,3)16-10(15)14-7-5-12(4,9-13)6-8-14/h17H,5-8H2,1-4H3,(H2,13,14);5-8H2,1-4H3. The summed E-state index contributed by atoms with van der Waals surface area (Å²) in [5, 5.41) is 20.8. The molecule has 34 heavy (non-hydrogen) atoms. The predicted molar refractivity (Wildman–Crippen MR) is 129 cm³/mol. The summed E-state index contributed by atoms with van der Waals surface area (Å²) >= 11 is 0. The summed E-state index contributed by atoms with van der Waals surface area (Å²) in [5.74, 6) is 0.228. The second-order valence-corrected chi connectivity index (χ2v) is 11.7. The van der Waals surface area contributed by atoms with Crippen molar-refractivity contribution >= 4 is 18.0 Å². The zero-order chi connectivity index (χ0) is 26.4. The molecular weight excluding hydrogens is 438 g/mol. The molecule has 0 atom stereocenters. The maximum atomic E-state index is 11.9. The first-order chi connectivity index (χ1) is 15.4. The third kappa shape index (κ3) is 9.27. The van der Waals surface area contributed by atoms with E-state index in [4.69, 9.17) is 25.7 Å². The van der Waals surface area contributed by atoms with Crippen LogP contribution >= 0.6 is 0 Å². The van der Waals surface area contributed by atoms with Crippen LogP contribution in [-0.4, -0.2) is 70.4 Å². The first kappa shape index (κ1) is 29.3. The molecule has 2 aliphatic heterocycles. The van der Waals surface area contributed by atoms with Gasteiger partial charge in [0.25, 0.3) is 0 Å². The summed E-state index contributed by atoms with van der Waals surface area (Å²) in [6.45, 7) is 17.3. The highest BCUT2D eigenvalue weighted by Gasteiger charge is 2.37. The molecule has 2 heterocycles. The number of carbonyl (C=O) groups is 2. The van der Waals surface area contributed by atoms with Gasteiger partial charge in [0.05, 0.1) is 11.5 Å². The van der Waals surface area contributed by atoms with Crippen molar-refractivity contribution in [2.24, 2.45) is 21.7 Å². The molecule has 0 aromatic carbocycles. The normalized spacial score (nSPS) is 20.4. The molecule has 0 aliphatic carbocycles. The third-order valence-electron chi connectivity index (χ3n) is 6.03. The Bertz CT molecular complexity index is 775. The molecule has 10 heteroatoms. The number of ether oxygens (including phenoxy) is 2. The van der Waals surface area contributed by atoms with Crippen LogP contribution in [0, 0.1) is 22.2 Å². The van der Waals surface area contributed by atoms with Gasteiger partial charge in [-0.1, -0.05) is 12.1 Å². The Kier molecular flexibility index (Phi) is 9.62. The summed E-state index contributed by atoms with van der Waals surface area (Å²) in [7, 11) is 0. The van der Waals surface area contributed by atoms with Crippen LogP contribution in [0.2, 0.25) is 0 Å². The zero-order valence-corrected chi connectivity index (χ0v) is 22.1. The van der Waals surface area contributed by atoms with Crippen molar-refractivity contribution < 1.29 is 24.3 Å². The molecule has 3 N–H and O–H groups in total. The molecule has 2 saturated heterocycles. The molecule has 0 saturated carbocycles. The largest absolute Gasteiger partial charge is 0.444 e. The van der Waals surface area contributed by atoms with Gasteiger partial charge in [-0.2, -0.15) is 5.26 Å². The monoisotopic (exact) mass is 481 g/mol. The smallest absolute Gasteiger partial charge is 0.410 e. The van der Waals surface area contributed by atoms with E-state index in [9.17, 15) is 9.59 Å². The van der Waals surface area contributed by atoms with E-state index in [-0.39, 0.29) is 28.9 Å². The van der Waals surface area contributed by atoms with Crippen molar-refractivity contribution in [2.45, 2.75) is 92.3 Å². The average molecular weight is 482 g/mol. The Morgan fingerprint density at radius 2 is 1.24 bits per heavy atom. The lowest BCUT2D eigenvalue weighted by molar-refractivity contribution is 0.0150. The maximum Gasteiger partial charge on any atom is 0.410 e. The van der Waals surface area contributed by atoms with Crippen molar-refractivity contribution in [2.75, 3.05) is 26.2 Å². The molecule has 10 nitrogen and oxygen atoms in total. The van der Waals surface area contributed by atoms with E-state index in [1.165, 1.54) is 0 Å². The molecule has 2 aliphatic rings. The number of nitrogens with zero attached hydrogens (tertiary/aromatic N) is 4. The van der Waals surface area contributed by atoms with Crippen LogP contribution in [0.15, 0.2) is 5.16 Å². The van der Waals surface area contributed by atoms with Gasteiger partial charge in [-0.3, -0.25) is 0 Å². The molecule has 0 unspecified atom stereocenters. The van der Waals surface area contributed by atoms with E-state index < -0.39 is 11.2 Å². The van der Waals surface area contributed by atoms with Crippen molar-refractivity contribution in [1.82, 2.24) is 9.80 Å². The van der Waals surface area contributed by atoms with Crippen LogP contribution in [0.3, 0.4) is 0 Å². The van der Waals surface area contributed by atoms with Gasteiger partial charge in [0, 0.05) is 31.6 Å². The number of nitriles is 1. The van der Waals surface area contributed by atoms with Gasteiger partial charge >= 0.3 is 12.2 Å². The van der Waals surface area contributed by atoms with Crippen LogP contribution in [0.5, 0.6) is 0 Å². The second kappa shape index (κ2) is 11.2. The van der Waals surface area contributed by atoms with E-state index in [1.807, 2.05) is 55.4 Å². The van der Waals surface area contributed by atoms with Crippen LogP contribution in [0.1, 0.15) is 81.1 Å². The summed E-state index contributed by atoms with van der Waals surface area (Å²) in [6, 6.07) is 2.31. The maximum absolute atomic E-state index is 11.9. The zero-order valence-electron chi connectivity index (χ0n) is 22.1. The first-order valence-electron chi connectivity index (χ1n) is 11.8. The Morgan fingerprint density at radius 1 is 0.882 bits per heavy atom. The summed E-state index contributed by atoms with van der Waals surface area (Å²) in [4.78, 5) is 26.9. The minimum absolute atomic E-state index is 0.228. The number of amides is 2. The van der Waals surface area contributed by atoms with E-state index in [0.717, 1.165) is 12.8 Å². The molecule has 194 valence electrons. The Labute approximate surface area is 204 Å². The predicted octanol–water partition coefficient (Wildman–Crippen LogP) is 4.32. The Hall–Kier alpha value is -2.70. The van der Waals surface area contributed by atoms with Gasteiger partial charge in [0.1, 0.15) is 17.0 Å². The minimum Gasteiger partial charge on any atom is -0.444 e. The quantitative estimate of drug-likeness (QED) is 0.246. The SMILES string of the molecule is CC(C)(C)OC(=O)N1CCC(C)(C(N)=NO)CC1.CC1(C#N)CCN(C(=O)OC(C)(C)C)CC1. The van der Waals surface area contributed by atoms with Gasteiger partial charge in [0.15, 0.2) is 0 Å². The molecular formula is C24H43N5O5. The highest BCUT2D eigenvalue weighted by Crippen LogP contribution is 2.32. The summed E-state index contributed by atoms with van der Waals surface area (Å²) < 4.78 is 10.6. The fraction of sp³-hybridized carbons (Fsp3) is 0.833. The van der Waals surface area contributed by atoms with Gasteiger partial charge < -0.3 is 30.2 Å². The summed E-state index contributed by atoms with van der Waals surface area (Å²) in [6.07, 6.45) is 2.21. The van der Waals surface area contributed by atoms with Crippen molar-refractivity contribution in [1.29, 1.82) is 5.26 Å². The number of hydrogen-bond donors (Lipinski definition) is 2. The highest BCUT2D eigenvalue weighted by atomic mass is 16.6. The fourth-order valence-electron chi connectivity index (χ4n) is 3.51. The lowest BCUT2D eigenvalue weighted by atomic mass is 9.79. The topological polar surface area (TPSA) is 141 Å². The van der Waals surface area contributed by atoms with E-state index in [0.29, 0.717) is 39.0 Å². The minimum atomic E-state index is -0.483. The van der Waals surface area contributed by atoms with Crippen LogP contribution in [-0.2, 0) is 9.47 Å². The molecule has 2 rings (SSSR count). The lowest BCUT2D eigenvalue weighted by Crippen LogP contribution is -2.48. The number of oxime groups is 1. The second-order valence-electron chi connectivity index (χ2n) is 11.7. The number of piperidine rings is 2. The number of rotatable bonds is 1. The van der Waals surface area contributed by atoms with E-state index in [2.05, 4.69) is 11.2 Å². The van der Waals surface area contributed by atoms with Crippen LogP contribution in [0.4, 0.5) is 9.59 Å². The van der Waals surface area contributed by atoms with Gasteiger partial charge in [-0.15, -0.1) is 0 Å². The van der Waals surface area contributed by atoms with Gasteiger partial charge in [0.2, 0.25) is 0 Å². The van der Waals surface area contributed by atoms with E-state index in [1.54, 1.807) is 9.80 Å². The van der Waals surface area contributed by atoms with E-state index >= 15 is 0 Å². The molecule has 0 aromatic heterocycles. The lowest BCUT2D eigenvalue weighted by Gasteiger charge is -2.38. The van der Waals surface area contributed by atoms with Gasteiger partial charge in [-0.25, -0.2) is 9.59 Å². The summed E-state index contributed by atoms with van der Waals surface area (Å²) in [5.41, 5.74) is 4.12. The Balaban J connectivity index is 0.000000342. The molecule has 0 aromatic rings. The third-order valence-corrected chi connectivity index (χ3v) is 6.03. The first-order valence-corrected chi connectivity index (χ1v) is 11.8. The number of carbonyl (C=O) groups excluding carboxylic acids is 2. The number of amidine groups is 1. The number of nitrogens with two attached hydrogens (primary N) is 1.